The van der Waals surface area contributed by atoms with Crippen molar-refractivity contribution >= 4 is 46.4 Å². The molecular weight excluding hydrogens is 667 g/mol. The van der Waals surface area contributed by atoms with E-state index in [1.54, 1.807) is 35.0 Å². The van der Waals surface area contributed by atoms with Gasteiger partial charge in [-0.05, 0) is 68.5 Å². The Kier molecular flexibility index (Phi) is 10.3. The molecule has 0 bridgehead atoms. The van der Waals surface area contributed by atoms with Crippen LogP contribution in [0.15, 0.2) is 59.3 Å². The number of nitrogens with zero attached hydrogens (tertiary/aromatic N) is 2. The van der Waals surface area contributed by atoms with Crippen molar-refractivity contribution in [3.63, 3.8) is 0 Å². The number of carbonyl (C=O) groups excluding carboxylic acids is 2. The fourth-order valence-electron chi connectivity index (χ4n) is 5.28. The Morgan fingerprint density at radius 2 is 1.46 bits per heavy atom. The van der Waals surface area contributed by atoms with Crippen LogP contribution < -0.4 is 10.6 Å². The van der Waals surface area contributed by atoms with Crippen LogP contribution >= 0.6 is 22.7 Å². The molecule has 2 aromatic carbocycles. The topological polar surface area (TPSA) is 168 Å². The van der Waals surface area contributed by atoms with Gasteiger partial charge in [0.05, 0.1) is 30.8 Å². The van der Waals surface area contributed by atoms with Crippen LogP contribution in [0, 0.1) is 23.5 Å². The molecule has 1 fully saturated rings. The predicted octanol–water partition coefficient (Wildman–Crippen LogP) is 4.57. The molecule has 5 rings (SSSR count). The minimum absolute atomic E-state index is 0.0122. The normalized spacial score (nSPS) is 17.9. The van der Waals surface area contributed by atoms with Crippen molar-refractivity contribution in [2.24, 2.45) is 11.8 Å². The molecule has 0 aliphatic heterocycles. The Balaban J connectivity index is 1.11. The Hall–Kier alpha value is -4.60. The molecule has 252 valence electrons. The molecule has 11 nitrogen and oxygen atoms in total. The summed E-state index contributed by atoms with van der Waals surface area (Å²) in [5, 5.41) is 29.5. The predicted molar refractivity (Wildman–Crippen MR) is 173 cm³/mol. The maximum absolute atomic E-state index is 13.6. The summed E-state index contributed by atoms with van der Waals surface area (Å²) >= 11 is 2.51. The lowest BCUT2D eigenvalue weighted by Crippen LogP contribution is -2.56. The number of hydrogen-bond donors (Lipinski definition) is 4. The third-order valence-corrected chi connectivity index (χ3v) is 9.95. The number of amides is 2. The standard InChI is InChI=1S/C33H32F2N4O7S2/c1-32(30(42)43,38-26(40)12-23-15-47-28(36-23)18-6-8-21(34)9-7-18)17-46-14-20-11-25(20)33(2,31(44)45)39-27(41)13-24-16-48-29(37-24)19-4-3-5-22(35)10-19/h3-10,15-16,20,25H,11-14,17H2,1-2H3,(H,38,40)(H,39,41)(H,42,43)(H,44,45). The molecule has 4 N–H and O–H groups in total. The number of aromatic nitrogens is 2. The van der Waals surface area contributed by atoms with Crippen LogP contribution in [0.3, 0.4) is 0 Å². The van der Waals surface area contributed by atoms with Crippen molar-refractivity contribution in [1.29, 1.82) is 0 Å². The molecule has 48 heavy (non-hydrogen) atoms. The van der Waals surface area contributed by atoms with Gasteiger partial charge >= 0.3 is 11.9 Å². The van der Waals surface area contributed by atoms with E-state index in [9.17, 15) is 38.2 Å². The molecule has 4 atom stereocenters. The van der Waals surface area contributed by atoms with Gasteiger partial charge in [0.15, 0.2) is 5.54 Å². The molecule has 1 aliphatic rings. The molecular formula is C33H32F2N4O7S2. The van der Waals surface area contributed by atoms with E-state index in [0.717, 1.165) is 0 Å². The third kappa shape index (κ3) is 8.27. The number of halogens is 2. The molecule has 15 heteroatoms. The van der Waals surface area contributed by atoms with Crippen molar-refractivity contribution < 1.29 is 42.9 Å². The lowest BCUT2D eigenvalue weighted by Gasteiger charge is -2.28. The SMILES string of the molecule is CC(COCC1CC1C(C)(NC(=O)Cc1csc(-c2cccc(F)c2)n1)C(=O)O)(NC(=O)Cc1csc(-c2ccc(F)cc2)n1)C(=O)O. The van der Waals surface area contributed by atoms with Crippen LogP contribution in [0.4, 0.5) is 8.78 Å². The first-order chi connectivity index (χ1) is 22.8. The van der Waals surface area contributed by atoms with Crippen molar-refractivity contribution in [2.45, 2.75) is 44.2 Å². The number of carboxylic acids is 2. The van der Waals surface area contributed by atoms with Gasteiger partial charge in [-0.3, -0.25) is 9.59 Å². The Morgan fingerprint density at radius 3 is 2.04 bits per heavy atom. The Bertz CT molecular complexity index is 1830. The summed E-state index contributed by atoms with van der Waals surface area (Å²) in [4.78, 5) is 58.8. The first-order valence-corrected chi connectivity index (χ1v) is 16.6. The summed E-state index contributed by atoms with van der Waals surface area (Å²) in [6, 6.07) is 11.7. The van der Waals surface area contributed by atoms with Gasteiger partial charge in [0.1, 0.15) is 27.2 Å². The fraction of sp³-hybridized carbons (Fsp3) is 0.333. The van der Waals surface area contributed by atoms with Gasteiger partial charge in [-0.1, -0.05) is 12.1 Å². The number of aliphatic carboxylic acids is 2. The van der Waals surface area contributed by atoms with E-state index in [-0.39, 0.29) is 37.8 Å². The van der Waals surface area contributed by atoms with Gasteiger partial charge < -0.3 is 25.6 Å². The van der Waals surface area contributed by atoms with E-state index in [0.29, 0.717) is 39.0 Å². The molecule has 1 saturated carbocycles. The molecule has 2 aromatic heterocycles. The lowest BCUT2D eigenvalue weighted by molar-refractivity contribution is -0.150. The van der Waals surface area contributed by atoms with Crippen molar-refractivity contribution in [3.8, 4) is 21.1 Å². The highest BCUT2D eigenvalue weighted by atomic mass is 32.1. The van der Waals surface area contributed by atoms with E-state index in [1.807, 2.05) is 0 Å². The van der Waals surface area contributed by atoms with Crippen molar-refractivity contribution in [2.75, 3.05) is 13.2 Å². The number of ether oxygens (including phenoxy) is 1. The number of nitrogens with one attached hydrogen (secondary N) is 2. The van der Waals surface area contributed by atoms with Crippen LogP contribution in [0.1, 0.15) is 31.7 Å². The largest absolute Gasteiger partial charge is 0.480 e. The summed E-state index contributed by atoms with van der Waals surface area (Å²) in [6.45, 7) is 2.35. The highest BCUT2D eigenvalue weighted by Crippen LogP contribution is 2.47. The number of benzene rings is 2. The molecule has 1 aliphatic carbocycles. The molecule has 4 aromatic rings. The summed E-state index contributed by atoms with van der Waals surface area (Å²) in [6.07, 6.45) is 0.0580. The van der Waals surface area contributed by atoms with Crippen molar-refractivity contribution in [3.05, 3.63) is 82.3 Å². The Morgan fingerprint density at radius 1 is 0.854 bits per heavy atom. The fourth-order valence-corrected chi connectivity index (χ4v) is 6.92. The van der Waals surface area contributed by atoms with Crippen LogP contribution in [0.5, 0.6) is 0 Å². The number of hydrogen-bond acceptors (Lipinski definition) is 9. The van der Waals surface area contributed by atoms with Crippen LogP contribution in [-0.2, 0) is 36.8 Å². The third-order valence-electron chi connectivity index (χ3n) is 8.07. The first-order valence-electron chi connectivity index (χ1n) is 14.8. The highest BCUT2D eigenvalue weighted by Gasteiger charge is 2.55. The molecule has 2 amide bonds. The Labute approximate surface area is 282 Å². The van der Waals surface area contributed by atoms with E-state index in [1.165, 1.54) is 60.8 Å². The second-order valence-corrected chi connectivity index (χ2v) is 13.7. The molecule has 4 unspecified atom stereocenters. The number of carboxylic acid groups (broad SMARTS) is 2. The smallest absolute Gasteiger partial charge is 0.331 e. The molecule has 0 saturated heterocycles. The van der Waals surface area contributed by atoms with E-state index in [2.05, 4.69) is 20.6 Å². The average Bonchev–Trinajstić information content (AvgIpc) is 3.41. The van der Waals surface area contributed by atoms with Gasteiger partial charge in [-0.2, -0.15) is 0 Å². The second-order valence-electron chi connectivity index (χ2n) is 12.0. The zero-order valence-electron chi connectivity index (χ0n) is 25.9. The van der Waals surface area contributed by atoms with Gasteiger partial charge in [-0.15, -0.1) is 22.7 Å². The lowest BCUT2D eigenvalue weighted by atomic mass is 9.94. The maximum atomic E-state index is 13.6. The average molecular weight is 699 g/mol. The minimum Gasteiger partial charge on any atom is -0.480 e. The van der Waals surface area contributed by atoms with E-state index < -0.39 is 46.6 Å². The molecule has 0 spiro atoms. The number of carbonyl (C=O) groups is 4. The maximum Gasteiger partial charge on any atom is 0.331 e. The molecule has 0 radical (unpaired) electrons. The van der Waals surface area contributed by atoms with Crippen LogP contribution in [0.2, 0.25) is 0 Å². The minimum atomic E-state index is -1.78. The summed E-state index contributed by atoms with van der Waals surface area (Å²) in [7, 11) is 0. The van der Waals surface area contributed by atoms with E-state index >= 15 is 0 Å². The van der Waals surface area contributed by atoms with Crippen LogP contribution in [-0.4, -0.2) is 68.2 Å². The first kappa shape index (κ1) is 34.7. The quantitative estimate of drug-likeness (QED) is 0.139. The second kappa shape index (κ2) is 14.3. The summed E-state index contributed by atoms with van der Waals surface area (Å²) in [5.74, 6) is -5.24. The van der Waals surface area contributed by atoms with Gasteiger partial charge in [0.25, 0.3) is 0 Å². The van der Waals surface area contributed by atoms with Crippen molar-refractivity contribution in [1.82, 2.24) is 20.6 Å². The molecule has 2 heterocycles. The number of rotatable bonds is 15. The zero-order chi connectivity index (χ0) is 34.6. The summed E-state index contributed by atoms with van der Waals surface area (Å²) in [5.41, 5.74) is -1.31. The van der Waals surface area contributed by atoms with Crippen LogP contribution in [0.25, 0.3) is 21.1 Å². The highest BCUT2D eigenvalue weighted by molar-refractivity contribution is 7.13. The number of thiazole rings is 2. The van der Waals surface area contributed by atoms with Gasteiger partial charge in [0, 0.05) is 28.5 Å². The zero-order valence-corrected chi connectivity index (χ0v) is 27.5. The summed E-state index contributed by atoms with van der Waals surface area (Å²) < 4.78 is 32.5. The monoisotopic (exact) mass is 698 g/mol. The van der Waals surface area contributed by atoms with Gasteiger partial charge in [-0.25, -0.2) is 28.3 Å². The van der Waals surface area contributed by atoms with Gasteiger partial charge in [0.2, 0.25) is 11.8 Å². The van der Waals surface area contributed by atoms with E-state index in [4.69, 9.17) is 4.74 Å².